The molecule has 0 aliphatic heterocycles. The molecule has 0 unspecified atom stereocenters. The Labute approximate surface area is 228 Å². The van der Waals surface area contributed by atoms with E-state index in [1.165, 1.54) is 7.11 Å². The molecule has 0 spiro atoms. The number of rotatable bonds is 12. The zero-order chi connectivity index (χ0) is 27.5. The fourth-order valence-corrected chi connectivity index (χ4v) is 3.91. The molecule has 0 aliphatic carbocycles. The summed E-state index contributed by atoms with van der Waals surface area (Å²) in [6.45, 7) is 0.828. The van der Waals surface area contributed by atoms with Gasteiger partial charge in [0.05, 0.1) is 14.2 Å². The van der Waals surface area contributed by atoms with Crippen LogP contribution in [-0.2, 0) is 29.2 Å². The molecule has 0 aliphatic rings. The summed E-state index contributed by atoms with van der Waals surface area (Å²) in [5, 5.41) is 2.78. The number of nitrogens with one attached hydrogen (secondary N) is 1. The monoisotopic (exact) mass is 525 g/mol. The molecule has 0 aromatic heterocycles. The van der Waals surface area contributed by atoms with E-state index >= 15 is 0 Å². The van der Waals surface area contributed by atoms with Gasteiger partial charge < -0.3 is 24.3 Å². The largest absolute Gasteiger partial charge is 0.497 e. The van der Waals surface area contributed by atoms with Crippen LogP contribution in [-0.4, -0.2) is 32.1 Å². The minimum atomic E-state index is -0.845. The number of esters is 1. The van der Waals surface area contributed by atoms with Gasteiger partial charge in [0.2, 0.25) is 0 Å². The number of benzene rings is 4. The normalized spacial score (nSPS) is 11.2. The lowest BCUT2D eigenvalue weighted by molar-refractivity contribution is -0.142. The standard InChI is InChI=1S/C32H31NO6/c1-36-29-10-6-9-25(19-29)22-39-28-17-13-26(14-18-28)31(34)33-30(32(35)37-2)20-23-11-15-27(16-12-23)38-21-24-7-4-3-5-8-24/h3-19,30H,20-22H2,1-2H3,(H,33,34)/t30-/m0/s1. The summed E-state index contributed by atoms with van der Waals surface area (Å²) in [5.41, 5.74) is 3.31. The lowest BCUT2D eigenvalue weighted by atomic mass is 10.0. The molecule has 1 atom stereocenters. The number of amides is 1. The Morgan fingerprint density at radius 2 is 1.28 bits per heavy atom. The van der Waals surface area contributed by atoms with E-state index in [0.29, 0.717) is 24.5 Å². The van der Waals surface area contributed by atoms with Crippen molar-refractivity contribution in [2.24, 2.45) is 0 Å². The van der Waals surface area contributed by atoms with Crippen LogP contribution < -0.4 is 19.5 Å². The van der Waals surface area contributed by atoms with Crippen LogP contribution in [0.2, 0.25) is 0 Å². The van der Waals surface area contributed by atoms with Gasteiger partial charge in [0, 0.05) is 12.0 Å². The summed E-state index contributed by atoms with van der Waals surface area (Å²) in [7, 11) is 2.92. The van der Waals surface area contributed by atoms with Gasteiger partial charge in [-0.3, -0.25) is 4.79 Å². The Morgan fingerprint density at radius 1 is 0.667 bits per heavy atom. The van der Waals surface area contributed by atoms with Crippen molar-refractivity contribution in [2.75, 3.05) is 14.2 Å². The van der Waals surface area contributed by atoms with E-state index in [9.17, 15) is 9.59 Å². The zero-order valence-electron chi connectivity index (χ0n) is 22.0. The second kappa shape index (κ2) is 13.7. The highest BCUT2D eigenvalue weighted by Crippen LogP contribution is 2.18. The summed E-state index contributed by atoms with van der Waals surface area (Å²) in [6, 6.07) is 30.9. The van der Waals surface area contributed by atoms with Crippen molar-refractivity contribution in [3.8, 4) is 17.2 Å². The number of methoxy groups -OCH3 is 2. The van der Waals surface area contributed by atoms with Crippen LogP contribution in [0.4, 0.5) is 0 Å². The van der Waals surface area contributed by atoms with E-state index in [1.807, 2.05) is 78.9 Å². The number of ether oxygens (including phenoxy) is 4. The summed E-state index contributed by atoms with van der Waals surface area (Å²) in [4.78, 5) is 25.3. The van der Waals surface area contributed by atoms with Crippen LogP contribution in [0.15, 0.2) is 103 Å². The highest BCUT2D eigenvalue weighted by molar-refractivity contribution is 5.96. The molecule has 0 fully saturated rings. The van der Waals surface area contributed by atoms with Crippen molar-refractivity contribution in [1.29, 1.82) is 0 Å². The third kappa shape index (κ3) is 8.10. The summed E-state index contributed by atoms with van der Waals surface area (Å²) in [5.74, 6) is 1.19. The van der Waals surface area contributed by atoms with Gasteiger partial charge in [-0.2, -0.15) is 0 Å². The average molecular weight is 526 g/mol. The van der Waals surface area contributed by atoms with E-state index in [-0.39, 0.29) is 12.3 Å². The SMILES string of the molecule is COC(=O)[C@H](Cc1ccc(OCc2ccccc2)cc1)NC(=O)c1ccc(OCc2cccc(OC)c2)cc1. The first kappa shape index (κ1) is 27.3. The maximum absolute atomic E-state index is 12.9. The van der Waals surface area contributed by atoms with Gasteiger partial charge in [0.1, 0.15) is 36.5 Å². The lowest BCUT2D eigenvalue weighted by Crippen LogP contribution is -2.43. The lowest BCUT2D eigenvalue weighted by Gasteiger charge is -2.17. The minimum absolute atomic E-state index is 0.277. The van der Waals surface area contributed by atoms with Crippen LogP contribution in [0.5, 0.6) is 17.2 Å². The molecule has 4 aromatic rings. The molecule has 4 rings (SSSR count). The molecule has 200 valence electrons. The van der Waals surface area contributed by atoms with E-state index in [1.54, 1.807) is 31.4 Å². The molecular formula is C32H31NO6. The van der Waals surface area contributed by atoms with Crippen LogP contribution in [0.25, 0.3) is 0 Å². The quantitative estimate of drug-likeness (QED) is 0.251. The predicted octanol–water partition coefficient (Wildman–Crippen LogP) is 5.37. The van der Waals surface area contributed by atoms with Gasteiger partial charge in [-0.25, -0.2) is 4.79 Å². The van der Waals surface area contributed by atoms with Gasteiger partial charge >= 0.3 is 5.97 Å². The fourth-order valence-electron chi connectivity index (χ4n) is 3.91. The van der Waals surface area contributed by atoms with Crippen LogP contribution in [0.3, 0.4) is 0 Å². The highest BCUT2D eigenvalue weighted by atomic mass is 16.5. The molecule has 7 nitrogen and oxygen atoms in total. The molecule has 0 bridgehead atoms. The third-order valence-electron chi connectivity index (χ3n) is 6.06. The van der Waals surface area contributed by atoms with Gasteiger partial charge in [0.25, 0.3) is 5.91 Å². The first-order chi connectivity index (χ1) is 19.0. The Balaban J connectivity index is 1.32. The Kier molecular flexibility index (Phi) is 9.56. The Bertz CT molecular complexity index is 1350. The van der Waals surface area contributed by atoms with E-state index < -0.39 is 12.0 Å². The van der Waals surface area contributed by atoms with Crippen molar-refractivity contribution in [1.82, 2.24) is 5.32 Å². The first-order valence-electron chi connectivity index (χ1n) is 12.5. The second-order valence-corrected chi connectivity index (χ2v) is 8.84. The average Bonchev–Trinajstić information content (AvgIpc) is 2.99. The summed E-state index contributed by atoms with van der Waals surface area (Å²) < 4.78 is 21.8. The molecule has 1 amide bonds. The Morgan fingerprint density at radius 3 is 1.92 bits per heavy atom. The molecular weight excluding hydrogens is 494 g/mol. The molecule has 39 heavy (non-hydrogen) atoms. The fraction of sp³-hybridized carbons (Fsp3) is 0.188. The topological polar surface area (TPSA) is 83.1 Å². The number of carbonyl (C=O) groups is 2. The molecule has 4 aromatic carbocycles. The Hall–Kier alpha value is -4.78. The predicted molar refractivity (Wildman–Crippen MR) is 148 cm³/mol. The number of carbonyl (C=O) groups excluding carboxylic acids is 2. The van der Waals surface area contributed by atoms with Crippen LogP contribution >= 0.6 is 0 Å². The summed E-state index contributed by atoms with van der Waals surface area (Å²) in [6.07, 6.45) is 0.277. The van der Waals surface area contributed by atoms with Gasteiger partial charge in [-0.05, 0) is 65.2 Å². The van der Waals surface area contributed by atoms with Crippen molar-refractivity contribution in [3.05, 3.63) is 125 Å². The van der Waals surface area contributed by atoms with Crippen molar-refractivity contribution in [2.45, 2.75) is 25.7 Å². The molecule has 0 radical (unpaired) electrons. The van der Waals surface area contributed by atoms with E-state index in [0.717, 1.165) is 28.2 Å². The maximum atomic E-state index is 12.9. The van der Waals surface area contributed by atoms with E-state index in [4.69, 9.17) is 18.9 Å². The molecule has 0 heterocycles. The smallest absolute Gasteiger partial charge is 0.328 e. The van der Waals surface area contributed by atoms with E-state index in [2.05, 4.69) is 5.32 Å². The van der Waals surface area contributed by atoms with Crippen molar-refractivity contribution in [3.63, 3.8) is 0 Å². The summed E-state index contributed by atoms with van der Waals surface area (Å²) >= 11 is 0. The first-order valence-corrected chi connectivity index (χ1v) is 12.5. The van der Waals surface area contributed by atoms with Crippen molar-refractivity contribution < 1.29 is 28.5 Å². The zero-order valence-corrected chi connectivity index (χ0v) is 22.0. The van der Waals surface area contributed by atoms with Crippen molar-refractivity contribution >= 4 is 11.9 Å². The third-order valence-corrected chi connectivity index (χ3v) is 6.06. The number of hydrogen-bond acceptors (Lipinski definition) is 6. The van der Waals surface area contributed by atoms with Crippen LogP contribution in [0, 0.1) is 0 Å². The van der Waals surface area contributed by atoms with Gasteiger partial charge in [-0.1, -0.05) is 54.6 Å². The van der Waals surface area contributed by atoms with Gasteiger partial charge in [0.15, 0.2) is 0 Å². The van der Waals surface area contributed by atoms with Gasteiger partial charge in [-0.15, -0.1) is 0 Å². The van der Waals surface area contributed by atoms with Crippen LogP contribution in [0.1, 0.15) is 27.0 Å². The highest BCUT2D eigenvalue weighted by Gasteiger charge is 2.23. The molecule has 7 heteroatoms. The maximum Gasteiger partial charge on any atom is 0.328 e. The molecule has 0 saturated heterocycles. The second-order valence-electron chi connectivity index (χ2n) is 8.84. The molecule has 0 saturated carbocycles. The number of hydrogen-bond donors (Lipinski definition) is 1. The minimum Gasteiger partial charge on any atom is -0.497 e. The molecule has 1 N–H and O–H groups in total.